The Balaban J connectivity index is 2.35. The van der Waals surface area contributed by atoms with E-state index in [1.807, 2.05) is 0 Å². The van der Waals surface area contributed by atoms with Crippen LogP contribution in [-0.2, 0) is 4.74 Å². The summed E-state index contributed by atoms with van der Waals surface area (Å²) in [6, 6.07) is 2.65. The Bertz CT molecular complexity index is 334. The Morgan fingerprint density at radius 2 is 2.31 bits per heavy atom. The zero-order chi connectivity index (χ0) is 12.2. The average Bonchev–Trinajstić information content (AvgIpc) is 2.66. The van der Waals surface area contributed by atoms with E-state index in [9.17, 15) is 18.0 Å². The maximum absolute atomic E-state index is 11.7. The van der Waals surface area contributed by atoms with E-state index in [2.05, 4.69) is 10.1 Å². The van der Waals surface area contributed by atoms with Crippen LogP contribution in [0.25, 0.3) is 0 Å². The van der Waals surface area contributed by atoms with Crippen molar-refractivity contribution in [1.29, 1.82) is 0 Å². The summed E-state index contributed by atoms with van der Waals surface area (Å²) in [5.74, 6) is 0.434. The van der Waals surface area contributed by atoms with Crippen LogP contribution in [0, 0.1) is 0 Å². The number of hydrogen-bond acceptors (Lipinski definition) is 3. The van der Waals surface area contributed by atoms with E-state index in [1.54, 1.807) is 19.1 Å². The van der Waals surface area contributed by atoms with Gasteiger partial charge in [-0.2, -0.15) is 13.2 Å². The number of rotatable bonds is 3. The quantitative estimate of drug-likeness (QED) is 0.879. The van der Waals surface area contributed by atoms with Gasteiger partial charge in [-0.1, -0.05) is 0 Å². The fourth-order valence-corrected chi connectivity index (χ4v) is 0.975. The lowest BCUT2D eigenvalue weighted by Crippen LogP contribution is -2.30. The smallest absolute Gasteiger partial charge is 0.422 e. The highest BCUT2D eigenvalue weighted by atomic mass is 19.4. The molecule has 0 saturated heterocycles. The predicted molar refractivity (Wildman–Crippen MR) is 47.7 cm³/mol. The summed E-state index contributed by atoms with van der Waals surface area (Å²) in [5.41, 5.74) is 0. The SMILES string of the molecule is CC(NC(=O)OCC(F)(F)F)c1ccco1. The minimum Gasteiger partial charge on any atom is -0.467 e. The Kier molecular flexibility index (Phi) is 3.81. The van der Waals surface area contributed by atoms with Crippen LogP contribution in [0.5, 0.6) is 0 Å². The molecule has 7 heteroatoms. The van der Waals surface area contributed by atoms with Gasteiger partial charge in [0, 0.05) is 0 Å². The molecule has 16 heavy (non-hydrogen) atoms. The highest BCUT2D eigenvalue weighted by Gasteiger charge is 2.29. The summed E-state index contributed by atoms with van der Waals surface area (Å²) in [7, 11) is 0. The molecule has 4 nitrogen and oxygen atoms in total. The average molecular weight is 237 g/mol. The first-order chi connectivity index (χ1) is 7.38. The van der Waals surface area contributed by atoms with E-state index in [1.165, 1.54) is 6.26 Å². The third kappa shape index (κ3) is 4.24. The molecule has 0 bridgehead atoms. The molecule has 90 valence electrons. The van der Waals surface area contributed by atoms with Crippen molar-refractivity contribution in [2.75, 3.05) is 6.61 Å². The molecule has 0 aliphatic rings. The van der Waals surface area contributed by atoms with Gasteiger partial charge in [-0.05, 0) is 19.1 Å². The van der Waals surface area contributed by atoms with Crippen molar-refractivity contribution in [3.05, 3.63) is 24.2 Å². The maximum atomic E-state index is 11.7. The topological polar surface area (TPSA) is 51.5 Å². The van der Waals surface area contributed by atoms with Crippen molar-refractivity contribution in [1.82, 2.24) is 5.32 Å². The molecule has 1 unspecified atom stereocenters. The van der Waals surface area contributed by atoms with Crippen molar-refractivity contribution in [2.45, 2.75) is 19.1 Å². The molecule has 1 aromatic heterocycles. The number of carbonyl (C=O) groups is 1. The second-order valence-corrected chi connectivity index (χ2v) is 3.07. The number of halogens is 3. The molecule has 0 aromatic carbocycles. The van der Waals surface area contributed by atoms with Crippen molar-refractivity contribution in [2.24, 2.45) is 0 Å². The Hall–Kier alpha value is -1.66. The minimum atomic E-state index is -4.52. The maximum Gasteiger partial charge on any atom is 0.422 e. The number of carbonyl (C=O) groups excluding carboxylic acids is 1. The van der Waals surface area contributed by atoms with E-state index in [0.717, 1.165) is 0 Å². The first-order valence-electron chi connectivity index (χ1n) is 4.42. The van der Waals surface area contributed by atoms with Gasteiger partial charge in [0.05, 0.1) is 12.3 Å². The number of alkyl halides is 3. The van der Waals surface area contributed by atoms with Crippen molar-refractivity contribution >= 4 is 6.09 Å². The minimum absolute atomic E-state index is 0.434. The third-order valence-corrected chi connectivity index (χ3v) is 1.67. The van der Waals surface area contributed by atoms with Crippen LogP contribution in [0.4, 0.5) is 18.0 Å². The van der Waals surface area contributed by atoms with Gasteiger partial charge in [-0.25, -0.2) is 4.79 Å². The highest BCUT2D eigenvalue weighted by molar-refractivity contribution is 5.67. The highest BCUT2D eigenvalue weighted by Crippen LogP contribution is 2.15. The lowest BCUT2D eigenvalue weighted by molar-refractivity contribution is -0.160. The van der Waals surface area contributed by atoms with Crippen LogP contribution in [0.3, 0.4) is 0 Å². The van der Waals surface area contributed by atoms with E-state index in [-0.39, 0.29) is 0 Å². The zero-order valence-electron chi connectivity index (χ0n) is 8.38. The first-order valence-corrected chi connectivity index (χ1v) is 4.42. The molecule has 0 radical (unpaired) electrons. The molecule has 1 heterocycles. The van der Waals surface area contributed by atoms with Crippen LogP contribution in [-0.4, -0.2) is 18.9 Å². The molecule has 0 saturated carbocycles. The van der Waals surface area contributed by atoms with E-state index >= 15 is 0 Å². The monoisotopic (exact) mass is 237 g/mol. The molecule has 1 rings (SSSR count). The number of alkyl carbamates (subject to hydrolysis) is 1. The molecular weight excluding hydrogens is 227 g/mol. The Morgan fingerprint density at radius 1 is 1.62 bits per heavy atom. The van der Waals surface area contributed by atoms with Gasteiger partial charge in [0.2, 0.25) is 0 Å². The molecule has 1 amide bonds. The number of nitrogens with one attached hydrogen (secondary N) is 1. The fraction of sp³-hybridized carbons (Fsp3) is 0.444. The normalized spacial score (nSPS) is 13.2. The lowest BCUT2D eigenvalue weighted by Gasteiger charge is -2.12. The van der Waals surface area contributed by atoms with E-state index in [4.69, 9.17) is 4.42 Å². The Morgan fingerprint density at radius 3 is 2.81 bits per heavy atom. The number of amides is 1. The summed E-state index contributed by atoms with van der Waals surface area (Å²) < 4.78 is 44.0. The van der Waals surface area contributed by atoms with Crippen LogP contribution < -0.4 is 5.32 Å². The van der Waals surface area contributed by atoms with E-state index < -0.39 is 24.9 Å². The summed E-state index contributed by atoms with van der Waals surface area (Å²) in [6.07, 6.45) is -4.26. The van der Waals surface area contributed by atoms with E-state index in [0.29, 0.717) is 5.76 Å². The number of hydrogen-bond donors (Lipinski definition) is 1. The van der Waals surface area contributed by atoms with Crippen molar-refractivity contribution in [3.8, 4) is 0 Å². The molecule has 0 aliphatic heterocycles. The molecule has 0 spiro atoms. The van der Waals surface area contributed by atoms with Crippen LogP contribution >= 0.6 is 0 Å². The van der Waals surface area contributed by atoms with Gasteiger partial charge < -0.3 is 14.5 Å². The molecule has 1 aromatic rings. The van der Waals surface area contributed by atoms with Gasteiger partial charge in [-0.3, -0.25) is 0 Å². The fourth-order valence-electron chi connectivity index (χ4n) is 0.975. The number of furan rings is 1. The molecule has 0 aliphatic carbocycles. The third-order valence-electron chi connectivity index (χ3n) is 1.67. The largest absolute Gasteiger partial charge is 0.467 e. The van der Waals surface area contributed by atoms with Crippen molar-refractivity contribution in [3.63, 3.8) is 0 Å². The van der Waals surface area contributed by atoms with Gasteiger partial charge in [0.25, 0.3) is 0 Å². The van der Waals surface area contributed by atoms with Crippen LogP contribution in [0.2, 0.25) is 0 Å². The number of ether oxygens (including phenoxy) is 1. The summed E-state index contributed by atoms with van der Waals surface area (Å²) in [6.45, 7) is -0.0443. The molecule has 1 N–H and O–H groups in total. The van der Waals surface area contributed by atoms with Crippen molar-refractivity contribution < 1.29 is 27.1 Å². The van der Waals surface area contributed by atoms with Gasteiger partial charge in [0.15, 0.2) is 6.61 Å². The van der Waals surface area contributed by atoms with Gasteiger partial charge in [0.1, 0.15) is 5.76 Å². The summed E-state index contributed by atoms with van der Waals surface area (Å²) >= 11 is 0. The molecular formula is C9H10F3NO3. The van der Waals surface area contributed by atoms with Crippen LogP contribution in [0.1, 0.15) is 18.7 Å². The molecule has 1 atom stereocenters. The first kappa shape index (κ1) is 12.4. The second kappa shape index (κ2) is 4.91. The standard InChI is InChI=1S/C9H10F3NO3/c1-6(7-3-2-4-15-7)13-8(14)16-5-9(10,11)12/h2-4,6H,5H2,1H3,(H,13,14). The second-order valence-electron chi connectivity index (χ2n) is 3.07. The summed E-state index contributed by atoms with van der Waals surface area (Å²) in [4.78, 5) is 10.9. The summed E-state index contributed by atoms with van der Waals surface area (Å²) in [5, 5.41) is 2.20. The van der Waals surface area contributed by atoms with Gasteiger partial charge in [-0.15, -0.1) is 0 Å². The zero-order valence-corrected chi connectivity index (χ0v) is 8.38. The lowest BCUT2D eigenvalue weighted by atomic mass is 10.3. The predicted octanol–water partition coefficient (Wildman–Crippen LogP) is 2.63. The van der Waals surface area contributed by atoms with Gasteiger partial charge >= 0.3 is 12.3 Å². The van der Waals surface area contributed by atoms with Crippen LogP contribution in [0.15, 0.2) is 22.8 Å². The molecule has 0 fully saturated rings. The Labute approximate surface area is 89.4 Å².